The van der Waals surface area contributed by atoms with Gasteiger partial charge in [0.05, 0.1) is 0 Å². The van der Waals surface area contributed by atoms with E-state index in [9.17, 15) is 4.79 Å². The Labute approximate surface area is 127 Å². The van der Waals surface area contributed by atoms with Gasteiger partial charge in [-0.15, -0.1) is 0 Å². The van der Waals surface area contributed by atoms with Crippen LogP contribution in [0.2, 0.25) is 0 Å². The molecule has 0 radical (unpaired) electrons. The molecule has 3 rings (SSSR count). The molecule has 1 saturated carbocycles. The van der Waals surface area contributed by atoms with Crippen LogP contribution in [0.4, 0.5) is 0 Å². The van der Waals surface area contributed by atoms with Crippen molar-refractivity contribution in [3.05, 3.63) is 71.3 Å². The molecule has 0 aromatic heterocycles. The van der Waals surface area contributed by atoms with E-state index in [0.29, 0.717) is 0 Å². The van der Waals surface area contributed by atoms with Crippen molar-refractivity contribution in [3.63, 3.8) is 0 Å². The van der Waals surface area contributed by atoms with Gasteiger partial charge < -0.3 is 0 Å². The summed E-state index contributed by atoms with van der Waals surface area (Å²) in [4.78, 5) is 12.6. The van der Waals surface area contributed by atoms with E-state index in [4.69, 9.17) is 0 Å². The van der Waals surface area contributed by atoms with E-state index in [-0.39, 0.29) is 11.2 Å². The molecule has 0 amide bonds. The zero-order valence-corrected chi connectivity index (χ0v) is 12.6. The highest BCUT2D eigenvalue weighted by molar-refractivity contribution is 6.09. The van der Waals surface area contributed by atoms with Crippen molar-refractivity contribution in [1.82, 2.24) is 0 Å². The van der Waals surface area contributed by atoms with E-state index < -0.39 is 0 Å². The van der Waals surface area contributed by atoms with Crippen molar-refractivity contribution in [2.24, 2.45) is 0 Å². The summed E-state index contributed by atoms with van der Waals surface area (Å²) in [7, 11) is 0. The topological polar surface area (TPSA) is 17.1 Å². The molecule has 1 heteroatoms. The fourth-order valence-electron chi connectivity index (χ4n) is 3.41. The average Bonchev–Trinajstić information content (AvgIpc) is 2.56. The minimum absolute atomic E-state index is 0.122. The molecule has 1 aliphatic rings. The van der Waals surface area contributed by atoms with Crippen LogP contribution in [-0.2, 0) is 5.41 Å². The van der Waals surface area contributed by atoms with E-state index in [1.54, 1.807) is 0 Å². The highest BCUT2D eigenvalue weighted by atomic mass is 16.1. The van der Waals surface area contributed by atoms with Crippen LogP contribution in [0.3, 0.4) is 0 Å². The summed E-state index contributed by atoms with van der Waals surface area (Å²) < 4.78 is 0. The Balaban J connectivity index is 1.91. The molecule has 1 fully saturated rings. The molecular weight excluding hydrogens is 256 g/mol. The Hall–Kier alpha value is -1.89. The van der Waals surface area contributed by atoms with Crippen LogP contribution in [0.25, 0.3) is 0 Å². The number of hydrogen-bond donors (Lipinski definition) is 0. The van der Waals surface area contributed by atoms with Crippen LogP contribution in [0.1, 0.15) is 60.5 Å². The first-order valence-electron chi connectivity index (χ1n) is 7.89. The van der Waals surface area contributed by atoms with Crippen molar-refractivity contribution in [1.29, 1.82) is 0 Å². The number of carbonyl (C=O) groups is 1. The molecule has 108 valence electrons. The zero-order valence-electron chi connectivity index (χ0n) is 12.6. The maximum Gasteiger partial charge on any atom is 0.193 e. The van der Waals surface area contributed by atoms with Gasteiger partial charge in [0.1, 0.15) is 0 Å². The fraction of sp³-hybridized carbons (Fsp3) is 0.350. The summed E-state index contributed by atoms with van der Waals surface area (Å²) in [6.45, 7) is 2.35. The van der Waals surface area contributed by atoms with E-state index in [1.165, 1.54) is 37.7 Å². The van der Waals surface area contributed by atoms with Crippen LogP contribution < -0.4 is 0 Å². The zero-order chi connectivity index (χ0) is 14.7. The number of benzene rings is 2. The first-order chi connectivity index (χ1) is 10.2. The third-order valence-corrected chi connectivity index (χ3v) is 4.81. The molecule has 0 aliphatic heterocycles. The van der Waals surface area contributed by atoms with E-state index in [1.807, 2.05) is 42.5 Å². The number of hydrogen-bond acceptors (Lipinski definition) is 1. The highest BCUT2D eigenvalue weighted by Crippen LogP contribution is 2.39. The second-order valence-corrected chi connectivity index (χ2v) is 6.40. The number of rotatable bonds is 3. The van der Waals surface area contributed by atoms with Gasteiger partial charge >= 0.3 is 0 Å². The van der Waals surface area contributed by atoms with Crippen LogP contribution in [0.5, 0.6) is 0 Å². The lowest BCUT2D eigenvalue weighted by Crippen LogP contribution is -2.25. The minimum atomic E-state index is 0.122. The van der Waals surface area contributed by atoms with Crippen molar-refractivity contribution >= 4 is 5.78 Å². The summed E-state index contributed by atoms with van der Waals surface area (Å²) in [5.41, 5.74) is 3.14. The molecule has 0 atom stereocenters. The molecule has 0 N–H and O–H groups in total. The standard InChI is InChI=1S/C20H22O/c1-20(13-6-3-7-14-20)18-12-8-11-17(15-18)19(21)16-9-4-2-5-10-16/h2,4-5,8-12,15H,3,6-7,13-14H2,1H3. The summed E-state index contributed by atoms with van der Waals surface area (Å²) >= 11 is 0. The molecule has 21 heavy (non-hydrogen) atoms. The molecule has 1 aliphatic carbocycles. The maximum atomic E-state index is 12.6. The Morgan fingerprint density at radius 3 is 2.24 bits per heavy atom. The van der Waals surface area contributed by atoms with Gasteiger partial charge in [0.2, 0.25) is 0 Å². The summed E-state index contributed by atoms with van der Waals surface area (Å²) in [6, 6.07) is 17.8. The van der Waals surface area contributed by atoms with Gasteiger partial charge in [-0.25, -0.2) is 0 Å². The Morgan fingerprint density at radius 2 is 1.52 bits per heavy atom. The van der Waals surface area contributed by atoms with Gasteiger partial charge in [0, 0.05) is 11.1 Å². The molecule has 0 heterocycles. The third-order valence-electron chi connectivity index (χ3n) is 4.81. The third kappa shape index (κ3) is 2.92. The van der Waals surface area contributed by atoms with Crippen molar-refractivity contribution in [3.8, 4) is 0 Å². The average molecular weight is 278 g/mol. The first-order valence-corrected chi connectivity index (χ1v) is 7.89. The van der Waals surface area contributed by atoms with Crippen molar-refractivity contribution < 1.29 is 4.79 Å². The maximum absolute atomic E-state index is 12.6. The normalized spacial score (nSPS) is 17.4. The van der Waals surface area contributed by atoms with Gasteiger partial charge in [-0.3, -0.25) is 4.79 Å². The molecular formula is C20H22O. The van der Waals surface area contributed by atoms with Crippen LogP contribution in [0, 0.1) is 0 Å². The minimum Gasteiger partial charge on any atom is -0.289 e. The first kappa shape index (κ1) is 14.1. The molecule has 2 aromatic carbocycles. The summed E-state index contributed by atoms with van der Waals surface area (Å²) in [6.07, 6.45) is 6.41. The molecule has 0 unspecified atom stereocenters. The molecule has 0 bridgehead atoms. The van der Waals surface area contributed by atoms with E-state index in [2.05, 4.69) is 19.1 Å². The molecule has 1 nitrogen and oxygen atoms in total. The predicted octanol–water partition coefficient (Wildman–Crippen LogP) is 5.14. The van der Waals surface area contributed by atoms with Crippen molar-refractivity contribution in [2.45, 2.75) is 44.4 Å². The molecule has 0 saturated heterocycles. The monoisotopic (exact) mass is 278 g/mol. The van der Waals surface area contributed by atoms with Gasteiger partial charge in [0.15, 0.2) is 5.78 Å². The van der Waals surface area contributed by atoms with Crippen LogP contribution in [-0.4, -0.2) is 5.78 Å². The summed E-state index contributed by atoms with van der Waals surface area (Å²) in [5, 5.41) is 0. The number of carbonyl (C=O) groups excluding carboxylic acids is 1. The Bertz CT molecular complexity index is 621. The summed E-state index contributed by atoms with van der Waals surface area (Å²) in [5.74, 6) is 0.122. The van der Waals surface area contributed by atoms with Gasteiger partial charge in [-0.1, -0.05) is 74.7 Å². The Kier molecular flexibility index (Phi) is 3.92. The van der Waals surface area contributed by atoms with Crippen LogP contribution in [0.15, 0.2) is 54.6 Å². The Morgan fingerprint density at radius 1 is 0.857 bits per heavy atom. The highest BCUT2D eigenvalue weighted by Gasteiger charge is 2.29. The molecule has 2 aromatic rings. The lowest BCUT2D eigenvalue weighted by molar-refractivity contribution is 0.103. The van der Waals surface area contributed by atoms with Crippen molar-refractivity contribution in [2.75, 3.05) is 0 Å². The molecule has 0 spiro atoms. The SMILES string of the molecule is CC1(c2cccc(C(=O)c3ccccc3)c2)CCCCC1. The van der Waals surface area contributed by atoms with Gasteiger partial charge in [-0.05, 0) is 29.9 Å². The van der Waals surface area contributed by atoms with E-state index >= 15 is 0 Å². The lowest BCUT2D eigenvalue weighted by Gasteiger charge is -2.34. The van der Waals surface area contributed by atoms with Gasteiger partial charge in [-0.2, -0.15) is 0 Å². The lowest BCUT2D eigenvalue weighted by atomic mass is 9.70. The van der Waals surface area contributed by atoms with Gasteiger partial charge in [0.25, 0.3) is 0 Å². The largest absolute Gasteiger partial charge is 0.289 e. The smallest absolute Gasteiger partial charge is 0.193 e. The number of ketones is 1. The predicted molar refractivity (Wildman–Crippen MR) is 86.8 cm³/mol. The fourth-order valence-corrected chi connectivity index (χ4v) is 3.41. The van der Waals surface area contributed by atoms with Crippen LogP contribution >= 0.6 is 0 Å². The second kappa shape index (κ2) is 5.85. The quantitative estimate of drug-likeness (QED) is 0.710. The second-order valence-electron chi connectivity index (χ2n) is 6.40. The van der Waals surface area contributed by atoms with E-state index in [0.717, 1.165) is 11.1 Å².